The van der Waals surface area contributed by atoms with Crippen molar-refractivity contribution < 1.29 is 12.8 Å². The third kappa shape index (κ3) is 3.62. The highest BCUT2D eigenvalue weighted by Crippen LogP contribution is 2.44. The van der Waals surface area contributed by atoms with Crippen molar-refractivity contribution in [3.05, 3.63) is 46.1 Å². The van der Waals surface area contributed by atoms with Crippen LogP contribution in [-0.4, -0.2) is 8.42 Å². The topological polar surface area (TPSA) is 70.0 Å². The van der Waals surface area contributed by atoms with E-state index in [1.807, 2.05) is 0 Å². The van der Waals surface area contributed by atoms with Crippen molar-refractivity contribution in [1.29, 1.82) is 5.26 Å². The Morgan fingerprint density at radius 3 is 2.50 bits per heavy atom. The van der Waals surface area contributed by atoms with E-state index in [-0.39, 0.29) is 10.3 Å². The summed E-state index contributed by atoms with van der Waals surface area (Å²) in [7, 11) is -3.86. The Labute approximate surface area is 157 Å². The van der Waals surface area contributed by atoms with Gasteiger partial charge in [-0.2, -0.15) is 5.26 Å². The number of nitriles is 1. The maximum absolute atomic E-state index is 13.1. The lowest BCUT2D eigenvalue weighted by Gasteiger charge is -2.33. The molecule has 2 aromatic rings. The van der Waals surface area contributed by atoms with Crippen LogP contribution in [0.1, 0.15) is 43.2 Å². The molecule has 26 heavy (non-hydrogen) atoms. The van der Waals surface area contributed by atoms with Gasteiger partial charge in [0.15, 0.2) is 0 Å². The highest BCUT2D eigenvalue weighted by atomic mass is 32.2. The Hall–Kier alpha value is -1.91. The predicted molar refractivity (Wildman–Crippen MR) is 101 cm³/mol. The lowest BCUT2D eigenvalue weighted by Crippen LogP contribution is -2.26. The molecule has 1 aromatic heterocycles. The van der Waals surface area contributed by atoms with Gasteiger partial charge in [-0.05, 0) is 60.4 Å². The number of thiophene rings is 1. The average molecular weight is 393 g/mol. The Morgan fingerprint density at radius 1 is 1.27 bits per heavy atom. The van der Waals surface area contributed by atoms with Crippen molar-refractivity contribution >= 4 is 26.4 Å². The third-order valence-corrected chi connectivity index (χ3v) is 7.62. The van der Waals surface area contributed by atoms with E-state index in [1.54, 1.807) is 0 Å². The number of hydrogen-bond donors (Lipinski definition) is 1. The van der Waals surface area contributed by atoms with Crippen LogP contribution < -0.4 is 4.72 Å². The molecule has 1 aromatic carbocycles. The van der Waals surface area contributed by atoms with Gasteiger partial charge in [0.05, 0.1) is 10.5 Å². The standard InChI is InChI=1S/C19H21FN2O2S2/c1-19(2,3)12-4-9-15-16(11-21)18(25-17(15)10-12)22-26(23,24)14-7-5-13(20)6-8-14/h5-8,12,22H,4,9-10H2,1-3H3. The number of nitrogens with zero attached hydrogens (tertiary/aromatic N) is 1. The zero-order valence-corrected chi connectivity index (χ0v) is 16.6. The molecule has 1 heterocycles. The summed E-state index contributed by atoms with van der Waals surface area (Å²) in [4.78, 5) is 1.06. The van der Waals surface area contributed by atoms with Crippen LogP contribution in [0.25, 0.3) is 0 Å². The predicted octanol–water partition coefficient (Wildman–Crippen LogP) is 4.71. The largest absolute Gasteiger partial charge is 0.269 e. The van der Waals surface area contributed by atoms with Gasteiger partial charge in [0.25, 0.3) is 10.0 Å². The Morgan fingerprint density at radius 2 is 1.92 bits per heavy atom. The summed E-state index contributed by atoms with van der Waals surface area (Å²) in [6, 6.07) is 6.80. The van der Waals surface area contributed by atoms with Crippen molar-refractivity contribution in [1.82, 2.24) is 0 Å². The number of benzene rings is 1. The average Bonchev–Trinajstić information content (AvgIpc) is 2.89. The lowest BCUT2D eigenvalue weighted by atomic mass is 9.72. The van der Waals surface area contributed by atoms with Gasteiger partial charge < -0.3 is 0 Å². The molecule has 0 saturated heterocycles. The van der Waals surface area contributed by atoms with Crippen LogP contribution in [0.2, 0.25) is 0 Å². The molecule has 0 bridgehead atoms. The summed E-state index contributed by atoms with van der Waals surface area (Å²) in [5.74, 6) is 0.00298. The molecule has 7 heteroatoms. The molecule has 1 aliphatic rings. The molecule has 0 aliphatic heterocycles. The number of anilines is 1. The second-order valence-corrected chi connectivity index (χ2v) is 10.5. The number of rotatable bonds is 3. The van der Waals surface area contributed by atoms with E-state index in [4.69, 9.17) is 0 Å². The van der Waals surface area contributed by atoms with Gasteiger partial charge in [0, 0.05) is 4.88 Å². The molecular weight excluding hydrogens is 371 g/mol. The molecule has 0 amide bonds. The first-order valence-electron chi connectivity index (χ1n) is 8.45. The number of halogens is 1. The van der Waals surface area contributed by atoms with Crippen molar-refractivity contribution in [2.24, 2.45) is 11.3 Å². The molecule has 0 spiro atoms. The fourth-order valence-electron chi connectivity index (χ4n) is 3.31. The van der Waals surface area contributed by atoms with E-state index in [9.17, 15) is 18.1 Å². The first-order chi connectivity index (χ1) is 12.1. The molecule has 1 atom stereocenters. The van der Waals surface area contributed by atoms with Gasteiger partial charge >= 0.3 is 0 Å². The highest BCUT2D eigenvalue weighted by Gasteiger charge is 2.33. The first kappa shape index (κ1) is 18.9. The minimum atomic E-state index is -3.86. The fourth-order valence-corrected chi connectivity index (χ4v) is 5.89. The molecule has 1 N–H and O–H groups in total. The summed E-state index contributed by atoms with van der Waals surface area (Å²) >= 11 is 1.34. The van der Waals surface area contributed by atoms with Gasteiger partial charge in [-0.3, -0.25) is 4.72 Å². The van der Waals surface area contributed by atoms with Crippen LogP contribution in [0.15, 0.2) is 29.2 Å². The summed E-state index contributed by atoms with van der Waals surface area (Å²) < 4.78 is 40.7. The summed E-state index contributed by atoms with van der Waals surface area (Å²) in [5.41, 5.74) is 1.56. The fraction of sp³-hybridized carbons (Fsp3) is 0.421. The summed E-state index contributed by atoms with van der Waals surface area (Å²) in [6.07, 6.45) is 2.64. The highest BCUT2D eigenvalue weighted by molar-refractivity contribution is 7.93. The van der Waals surface area contributed by atoms with Crippen LogP contribution in [0.4, 0.5) is 9.39 Å². The molecule has 0 radical (unpaired) electrons. The maximum atomic E-state index is 13.1. The molecule has 4 nitrogen and oxygen atoms in total. The van der Waals surface area contributed by atoms with E-state index in [0.29, 0.717) is 16.5 Å². The minimum Gasteiger partial charge on any atom is -0.269 e. The smallest absolute Gasteiger partial charge is 0.262 e. The summed E-state index contributed by atoms with van der Waals surface area (Å²) in [6.45, 7) is 6.62. The Bertz CT molecular complexity index is 965. The summed E-state index contributed by atoms with van der Waals surface area (Å²) in [5, 5.41) is 9.92. The van der Waals surface area contributed by atoms with E-state index in [0.717, 1.165) is 41.8 Å². The zero-order valence-electron chi connectivity index (χ0n) is 15.0. The van der Waals surface area contributed by atoms with Gasteiger partial charge in [-0.25, -0.2) is 12.8 Å². The van der Waals surface area contributed by atoms with Gasteiger partial charge in [0.1, 0.15) is 16.9 Å². The van der Waals surface area contributed by atoms with Gasteiger partial charge in [0.2, 0.25) is 0 Å². The van der Waals surface area contributed by atoms with Crippen LogP contribution in [0.5, 0.6) is 0 Å². The number of nitrogens with one attached hydrogen (secondary N) is 1. The monoisotopic (exact) mass is 392 g/mol. The number of fused-ring (bicyclic) bond motifs is 1. The van der Waals surface area contributed by atoms with E-state index >= 15 is 0 Å². The van der Waals surface area contributed by atoms with E-state index in [1.165, 1.54) is 23.5 Å². The van der Waals surface area contributed by atoms with Crippen molar-refractivity contribution in [2.75, 3.05) is 4.72 Å². The van der Waals surface area contributed by atoms with Crippen LogP contribution in [-0.2, 0) is 22.9 Å². The van der Waals surface area contributed by atoms with E-state index in [2.05, 4.69) is 31.6 Å². The second-order valence-electron chi connectivity index (χ2n) is 7.68. The van der Waals surface area contributed by atoms with Crippen LogP contribution >= 0.6 is 11.3 Å². The zero-order chi connectivity index (χ0) is 19.1. The molecular formula is C19H21FN2O2S2. The van der Waals surface area contributed by atoms with E-state index < -0.39 is 15.8 Å². The molecule has 3 rings (SSSR count). The Balaban J connectivity index is 1.94. The number of hydrogen-bond acceptors (Lipinski definition) is 4. The number of sulfonamides is 1. The SMILES string of the molecule is CC(C)(C)C1CCc2c(sc(NS(=O)(=O)c3ccc(F)cc3)c2C#N)C1. The van der Waals surface area contributed by atoms with Crippen LogP contribution in [0, 0.1) is 28.5 Å². The first-order valence-corrected chi connectivity index (χ1v) is 10.7. The van der Waals surface area contributed by atoms with Crippen molar-refractivity contribution in [2.45, 2.75) is 44.9 Å². The normalized spacial score (nSPS) is 17.4. The van der Waals surface area contributed by atoms with Crippen molar-refractivity contribution in [3.8, 4) is 6.07 Å². The quantitative estimate of drug-likeness (QED) is 0.822. The minimum absolute atomic E-state index is 0.0262. The molecule has 1 aliphatic carbocycles. The lowest BCUT2D eigenvalue weighted by molar-refractivity contribution is 0.218. The molecule has 1 unspecified atom stereocenters. The molecule has 138 valence electrons. The van der Waals surface area contributed by atoms with Gasteiger partial charge in [-0.1, -0.05) is 20.8 Å². The van der Waals surface area contributed by atoms with Gasteiger partial charge in [-0.15, -0.1) is 11.3 Å². The van der Waals surface area contributed by atoms with Crippen LogP contribution in [0.3, 0.4) is 0 Å². The molecule has 0 fully saturated rings. The molecule has 0 saturated carbocycles. The maximum Gasteiger partial charge on any atom is 0.262 e. The third-order valence-electron chi connectivity index (χ3n) is 4.95. The van der Waals surface area contributed by atoms with Crippen molar-refractivity contribution in [3.63, 3.8) is 0 Å². The Kier molecular flexibility index (Phi) is 4.84. The second kappa shape index (κ2) is 6.67.